The smallest absolute Gasteiger partial charge is 0.385 e. The number of aliphatic hydroxyl groups is 1. The van der Waals surface area contributed by atoms with Gasteiger partial charge >= 0.3 is 29.9 Å². The molecule has 1 unspecified atom stereocenters. The molecule has 0 aliphatic heterocycles. The van der Waals surface area contributed by atoms with Crippen molar-refractivity contribution < 1.29 is 75.4 Å². The molecule has 0 radical (unpaired) electrons. The highest BCUT2D eigenvalue weighted by Crippen LogP contribution is 2.59. The van der Waals surface area contributed by atoms with Gasteiger partial charge in [-0.3, -0.25) is 0 Å². The molecule has 0 fully saturated rings. The summed E-state index contributed by atoms with van der Waals surface area (Å²) in [4.78, 5) is 0. The molecule has 0 amide bonds. The third kappa shape index (κ3) is 3.88. The van der Waals surface area contributed by atoms with Crippen LogP contribution in [0.1, 0.15) is 18.9 Å². The zero-order valence-electron chi connectivity index (χ0n) is 14.2. The molecule has 1 N–H and O–H groups in total. The molecule has 0 aliphatic carbocycles. The Hall–Kier alpha value is -1.94. The Morgan fingerprint density at radius 3 is 1.19 bits per heavy atom. The number of alkyl halides is 11. The van der Waals surface area contributed by atoms with Crippen molar-refractivity contribution in [2.45, 2.75) is 48.8 Å². The van der Waals surface area contributed by atoms with Crippen molar-refractivity contribution >= 4 is 0 Å². The van der Waals surface area contributed by atoms with Gasteiger partial charge in [0.25, 0.3) is 0 Å². The summed E-state index contributed by atoms with van der Waals surface area (Å²) in [6.07, 6.45) is -11.0. The van der Waals surface area contributed by atoms with E-state index >= 15 is 0 Å². The highest BCUT2D eigenvalue weighted by atomic mass is 19.4. The first-order chi connectivity index (χ1) is 13.4. The molecule has 0 saturated heterocycles. The van der Waals surface area contributed by atoms with Crippen LogP contribution in [0.3, 0.4) is 0 Å². The summed E-state index contributed by atoms with van der Waals surface area (Å²) in [7, 11) is 0. The molecule has 0 saturated carbocycles. The Labute approximate surface area is 160 Å². The average Bonchev–Trinajstić information content (AvgIpc) is 2.55. The quantitative estimate of drug-likeness (QED) is 0.289. The van der Waals surface area contributed by atoms with Gasteiger partial charge in [-0.1, -0.05) is 0 Å². The summed E-state index contributed by atoms with van der Waals surface area (Å²) in [5, 5.41) is 9.61. The highest BCUT2D eigenvalue weighted by Gasteiger charge is 2.87. The summed E-state index contributed by atoms with van der Waals surface area (Å²) >= 11 is 0. The summed E-state index contributed by atoms with van der Waals surface area (Å²) in [5.74, 6) is -45.1. The first-order valence-electron chi connectivity index (χ1n) is 7.20. The van der Waals surface area contributed by atoms with E-state index in [9.17, 15) is 75.4 Å². The van der Waals surface area contributed by atoms with E-state index in [1.54, 1.807) is 0 Å². The number of halogens is 16. The molecular formula is C14H6F16O. The van der Waals surface area contributed by atoms with Gasteiger partial charge in [-0.25, -0.2) is 22.0 Å². The number of hydrogen-bond acceptors (Lipinski definition) is 1. The minimum Gasteiger partial charge on any atom is -0.385 e. The van der Waals surface area contributed by atoms with Crippen molar-refractivity contribution in [3.8, 4) is 0 Å². The summed E-state index contributed by atoms with van der Waals surface area (Å²) in [6, 6.07) is 0. The van der Waals surface area contributed by atoms with E-state index in [0.717, 1.165) is 0 Å². The lowest BCUT2D eigenvalue weighted by Gasteiger charge is -2.39. The van der Waals surface area contributed by atoms with Crippen molar-refractivity contribution in [3.05, 3.63) is 34.6 Å². The van der Waals surface area contributed by atoms with Crippen LogP contribution in [0.2, 0.25) is 0 Å². The van der Waals surface area contributed by atoms with E-state index < -0.39 is 76.5 Å². The minimum absolute atomic E-state index is 0.366. The van der Waals surface area contributed by atoms with Gasteiger partial charge in [-0.05, 0) is 6.92 Å². The van der Waals surface area contributed by atoms with Crippen molar-refractivity contribution in [3.63, 3.8) is 0 Å². The lowest BCUT2D eigenvalue weighted by atomic mass is 9.84. The monoisotopic (exact) mass is 494 g/mol. The Morgan fingerprint density at radius 1 is 0.548 bits per heavy atom. The third-order valence-corrected chi connectivity index (χ3v) is 3.92. The Balaban J connectivity index is 3.61. The normalized spacial score (nSPS) is 16.5. The SMILES string of the molecule is CC(O)(CC(F)(F)C(F)(F)C(F)(F)C(F)(F)C(F)(F)F)c1c(F)c(F)c(F)c(F)c1F. The van der Waals surface area contributed by atoms with E-state index in [-0.39, 0.29) is 6.92 Å². The van der Waals surface area contributed by atoms with Gasteiger partial charge in [0.2, 0.25) is 5.82 Å². The Morgan fingerprint density at radius 2 is 0.871 bits per heavy atom. The second kappa shape index (κ2) is 7.30. The molecule has 17 heteroatoms. The third-order valence-electron chi connectivity index (χ3n) is 3.92. The fraction of sp³-hybridized carbons (Fsp3) is 0.571. The average molecular weight is 494 g/mol. The van der Waals surface area contributed by atoms with Gasteiger partial charge in [0.1, 0.15) is 0 Å². The lowest BCUT2D eigenvalue weighted by molar-refractivity contribution is -0.424. The zero-order valence-corrected chi connectivity index (χ0v) is 14.2. The second-order valence-corrected chi connectivity index (χ2v) is 6.32. The maximum atomic E-state index is 13.7. The van der Waals surface area contributed by atoms with Crippen molar-refractivity contribution in [1.29, 1.82) is 0 Å². The fourth-order valence-electron chi connectivity index (χ4n) is 2.31. The molecule has 1 aromatic carbocycles. The molecular weight excluding hydrogens is 488 g/mol. The van der Waals surface area contributed by atoms with Crippen molar-refractivity contribution in [1.82, 2.24) is 0 Å². The topological polar surface area (TPSA) is 20.2 Å². The molecule has 0 aliphatic rings. The fourth-order valence-corrected chi connectivity index (χ4v) is 2.31. The van der Waals surface area contributed by atoms with Crippen LogP contribution in [0.5, 0.6) is 0 Å². The van der Waals surface area contributed by atoms with Crippen LogP contribution in [-0.4, -0.2) is 35.0 Å². The van der Waals surface area contributed by atoms with Gasteiger partial charge in [0.05, 0.1) is 17.6 Å². The van der Waals surface area contributed by atoms with Crippen LogP contribution >= 0.6 is 0 Å². The maximum absolute atomic E-state index is 13.7. The molecule has 1 atom stereocenters. The van der Waals surface area contributed by atoms with Crippen LogP contribution < -0.4 is 0 Å². The second-order valence-electron chi connectivity index (χ2n) is 6.32. The van der Waals surface area contributed by atoms with Crippen LogP contribution in [0.15, 0.2) is 0 Å². The number of rotatable bonds is 6. The predicted molar refractivity (Wildman–Crippen MR) is 66.3 cm³/mol. The predicted octanol–water partition coefficient (Wildman–Crippen LogP) is 6.08. The van der Waals surface area contributed by atoms with Crippen LogP contribution in [0.4, 0.5) is 70.2 Å². The molecule has 0 aromatic heterocycles. The highest BCUT2D eigenvalue weighted by molar-refractivity contribution is 5.29. The van der Waals surface area contributed by atoms with Crippen LogP contribution in [-0.2, 0) is 5.60 Å². The van der Waals surface area contributed by atoms with Gasteiger partial charge in [-0.2, -0.15) is 48.3 Å². The van der Waals surface area contributed by atoms with E-state index in [1.165, 1.54) is 0 Å². The molecule has 0 bridgehead atoms. The molecule has 1 aromatic rings. The van der Waals surface area contributed by atoms with E-state index in [1.807, 2.05) is 0 Å². The molecule has 180 valence electrons. The summed E-state index contributed by atoms with van der Waals surface area (Å²) in [5.41, 5.74) is -7.04. The molecule has 1 nitrogen and oxygen atoms in total. The first kappa shape index (κ1) is 27.1. The van der Waals surface area contributed by atoms with E-state index in [2.05, 4.69) is 0 Å². The molecule has 31 heavy (non-hydrogen) atoms. The Kier molecular flexibility index (Phi) is 6.38. The molecule has 0 heterocycles. The molecule has 1 rings (SSSR count). The Bertz CT molecular complexity index is 824. The maximum Gasteiger partial charge on any atom is 0.460 e. The lowest BCUT2D eigenvalue weighted by Crippen LogP contribution is -2.67. The van der Waals surface area contributed by atoms with E-state index in [4.69, 9.17) is 0 Å². The summed E-state index contributed by atoms with van der Waals surface area (Å²) < 4.78 is 209. The van der Waals surface area contributed by atoms with Crippen molar-refractivity contribution in [2.24, 2.45) is 0 Å². The first-order valence-corrected chi connectivity index (χ1v) is 7.20. The van der Waals surface area contributed by atoms with E-state index in [0.29, 0.717) is 0 Å². The van der Waals surface area contributed by atoms with Crippen molar-refractivity contribution in [2.75, 3.05) is 0 Å². The van der Waals surface area contributed by atoms with Gasteiger partial charge in [0.15, 0.2) is 23.3 Å². The van der Waals surface area contributed by atoms with Crippen LogP contribution in [0.25, 0.3) is 0 Å². The number of benzene rings is 1. The largest absolute Gasteiger partial charge is 0.460 e. The van der Waals surface area contributed by atoms with Crippen LogP contribution in [0, 0.1) is 29.1 Å². The van der Waals surface area contributed by atoms with Gasteiger partial charge in [-0.15, -0.1) is 0 Å². The minimum atomic E-state index is -7.89. The van der Waals surface area contributed by atoms with Gasteiger partial charge < -0.3 is 5.11 Å². The zero-order chi connectivity index (χ0) is 25.2. The van der Waals surface area contributed by atoms with Gasteiger partial charge in [0, 0.05) is 0 Å². The summed E-state index contributed by atoms with van der Waals surface area (Å²) in [6.45, 7) is -0.366. The standard InChI is InChI=1S/C14H6F16O/c1-9(31,3-4(15)6(17)8(19)7(18)5(3)16)2-10(20,21)11(22,23)12(24,25)13(26,27)14(28,29)30/h31H,2H2,1H3. The molecule has 0 spiro atoms. The number of hydrogen-bond donors (Lipinski definition) is 1.